The number of benzene rings is 1. The van der Waals surface area contributed by atoms with E-state index in [4.69, 9.17) is 9.73 Å². The van der Waals surface area contributed by atoms with Crippen LogP contribution in [-0.2, 0) is 17.8 Å². The maximum Gasteiger partial charge on any atom is 0.191 e. The first-order valence-electron chi connectivity index (χ1n) is 8.71. The van der Waals surface area contributed by atoms with Gasteiger partial charge >= 0.3 is 0 Å². The number of hydrogen-bond donors (Lipinski definition) is 2. The molecule has 0 radical (unpaired) electrons. The van der Waals surface area contributed by atoms with Crippen molar-refractivity contribution in [2.24, 2.45) is 4.99 Å². The lowest BCUT2D eigenvalue weighted by Crippen LogP contribution is -2.38. The normalized spacial score (nSPS) is 15.5. The quantitative estimate of drug-likeness (QED) is 0.260. The van der Waals surface area contributed by atoms with Crippen LogP contribution in [0, 0.1) is 0 Å². The van der Waals surface area contributed by atoms with Gasteiger partial charge in [0.2, 0.25) is 0 Å². The molecule has 0 aromatic heterocycles. The molecule has 7 heteroatoms. The highest BCUT2D eigenvalue weighted by molar-refractivity contribution is 14.0. The molecule has 0 bridgehead atoms. The molecule has 0 unspecified atom stereocenters. The van der Waals surface area contributed by atoms with Crippen LogP contribution < -0.4 is 10.6 Å². The van der Waals surface area contributed by atoms with Crippen LogP contribution in [0.25, 0.3) is 0 Å². The molecule has 1 aliphatic rings. The number of nitrogens with zero attached hydrogens (tertiary/aromatic N) is 2. The lowest BCUT2D eigenvalue weighted by atomic mass is 10.1. The van der Waals surface area contributed by atoms with Crippen molar-refractivity contribution in [3.05, 3.63) is 35.4 Å². The molecular formula is C18H31IN4OS. The van der Waals surface area contributed by atoms with Gasteiger partial charge in [0, 0.05) is 38.5 Å². The summed E-state index contributed by atoms with van der Waals surface area (Å²) in [5.74, 6) is 1.98. The molecular weight excluding hydrogens is 447 g/mol. The Kier molecular flexibility index (Phi) is 12.3. The van der Waals surface area contributed by atoms with E-state index in [0.29, 0.717) is 6.54 Å². The smallest absolute Gasteiger partial charge is 0.191 e. The summed E-state index contributed by atoms with van der Waals surface area (Å²) in [6.45, 7) is 9.33. The van der Waals surface area contributed by atoms with Crippen LogP contribution in [0.5, 0.6) is 0 Å². The number of morpholine rings is 1. The lowest BCUT2D eigenvalue weighted by molar-refractivity contribution is 0.0342. The van der Waals surface area contributed by atoms with Crippen LogP contribution in [0.3, 0.4) is 0 Å². The Bertz CT molecular complexity index is 510. The Morgan fingerprint density at radius 1 is 1.24 bits per heavy atom. The molecule has 0 atom stereocenters. The van der Waals surface area contributed by atoms with Gasteiger partial charge in [-0.2, -0.15) is 11.8 Å². The van der Waals surface area contributed by atoms with Crippen molar-refractivity contribution in [2.75, 3.05) is 51.4 Å². The fraction of sp³-hybridized carbons (Fsp3) is 0.611. The fourth-order valence-electron chi connectivity index (χ4n) is 2.63. The van der Waals surface area contributed by atoms with Crippen LogP contribution >= 0.6 is 35.7 Å². The number of nitrogens with one attached hydrogen (secondary N) is 2. The van der Waals surface area contributed by atoms with E-state index in [1.165, 1.54) is 11.1 Å². The Labute approximate surface area is 173 Å². The largest absolute Gasteiger partial charge is 0.379 e. The average molecular weight is 478 g/mol. The van der Waals surface area contributed by atoms with Crippen molar-refractivity contribution >= 4 is 41.7 Å². The molecule has 2 rings (SSSR count). The van der Waals surface area contributed by atoms with Crippen molar-refractivity contribution in [3.8, 4) is 0 Å². The second-order valence-corrected chi connectivity index (χ2v) is 6.81. The zero-order valence-electron chi connectivity index (χ0n) is 15.3. The van der Waals surface area contributed by atoms with Crippen molar-refractivity contribution in [2.45, 2.75) is 20.0 Å². The molecule has 1 fully saturated rings. The predicted molar refractivity (Wildman–Crippen MR) is 119 cm³/mol. The number of rotatable bonds is 8. The third-order valence-corrected chi connectivity index (χ3v) is 4.48. The third-order valence-electron chi connectivity index (χ3n) is 3.86. The molecule has 0 amide bonds. The van der Waals surface area contributed by atoms with E-state index in [2.05, 4.69) is 53.0 Å². The zero-order chi connectivity index (χ0) is 17.0. The number of ether oxygens (including phenoxy) is 1. The average Bonchev–Trinajstić information content (AvgIpc) is 2.61. The van der Waals surface area contributed by atoms with Gasteiger partial charge in [-0.1, -0.05) is 24.3 Å². The summed E-state index contributed by atoms with van der Waals surface area (Å²) in [4.78, 5) is 7.14. The van der Waals surface area contributed by atoms with Crippen molar-refractivity contribution < 1.29 is 4.74 Å². The molecule has 0 saturated carbocycles. The molecule has 25 heavy (non-hydrogen) atoms. The highest BCUT2D eigenvalue weighted by Gasteiger charge is 2.10. The van der Waals surface area contributed by atoms with Gasteiger partial charge in [0.1, 0.15) is 0 Å². The topological polar surface area (TPSA) is 48.9 Å². The van der Waals surface area contributed by atoms with Crippen molar-refractivity contribution in [1.82, 2.24) is 15.5 Å². The second-order valence-electron chi connectivity index (χ2n) is 5.82. The van der Waals surface area contributed by atoms with Crippen LogP contribution in [0.4, 0.5) is 0 Å². The summed E-state index contributed by atoms with van der Waals surface area (Å²) in [7, 11) is 0. The number of thioether (sulfide) groups is 1. The van der Waals surface area contributed by atoms with Crippen LogP contribution in [0.1, 0.15) is 18.1 Å². The maximum atomic E-state index is 5.41. The van der Waals surface area contributed by atoms with Crippen molar-refractivity contribution in [1.29, 1.82) is 0 Å². The molecule has 0 spiro atoms. The van der Waals surface area contributed by atoms with Gasteiger partial charge in [0.05, 0.1) is 19.8 Å². The Morgan fingerprint density at radius 2 is 2.00 bits per heavy atom. The van der Waals surface area contributed by atoms with Crippen molar-refractivity contribution in [3.63, 3.8) is 0 Å². The number of guanidine groups is 1. The summed E-state index contributed by atoms with van der Waals surface area (Å²) in [6.07, 6.45) is 2.12. The monoisotopic (exact) mass is 478 g/mol. The van der Waals surface area contributed by atoms with E-state index in [1.54, 1.807) is 0 Å². The first-order chi connectivity index (χ1) is 11.8. The van der Waals surface area contributed by atoms with Gasteiger partial charge in [0.25, 0.3) is 0 Å². The van der Waals surface area contributed by atoms with Gasteiger partial charge in [-0.15, -0.1) is 24.0 Å². The van der Waals surface area contributed by atoms with Gasteiger partial charge in [0.15, 0.2) is 5.96 Å². The SMILES string of the molecule is CCNC(=NCc1cccc(CN2CCOCC2)c1)NCCSC.I. The molecule has 5 nitrogen and oxygen atoms in total. The van der Waals surface area contributed by atoms with E-state index in [1.807, 2.05) is 11.8 Å². The first kappa shape index (κ1) is 22.5. The summed E-state index contributed by atoms with van der Waals surface area (Å²) in [5.41, 5.74) is 2.60. The lowest BCUT2D eigenvalue weighted by Gasteiger charge is -2.26. The highest BCUT2D eigenvalue weighted by Crippen LogP contribution is 2.10. The zero-order valence-corrected chi connectivity index (χ0v) is 18.4. The summed E-state index contributed by atoms with van der Waals surface area (Å²) in [6, 6.07) is 8.75. The molecule has 1 aromatic rings. The minimum Gasteiger partial charge on any atom is -0.379 e. The summed E-state index contributed by atoms with van der Waals surface area (Å²) < 4.78 is 5.41. The van der Waals surface area contributed by atoms with E-state index in [9.17, 15) is 0 Å². The Morgan fingerprint density at radius 3 is 2.72 bits per heavy atom. The second kappa shape index (κ2) is 13.7. The number of halogens is 1. The third kappa shape index (κ3) is 9.12. The van der Waals surface area contributed by atoms with Crippen LogP contribution in [0.15, 0.2) is 29.3 Å². The van der Waals surface area contributed by atoms with Crippen LogP contribution in [0.2, 0.25) is 0 Å². The molecule has 1 heterocycles. The predicted octanol–water partition coefficient (Wildman–Crippen LogP) is 2.55. The van der Waals surface area contributed by atoms with E-state index >= 15 is 0 Å². The molecule has 2 N–H and O–H groups in total. The fourth-order valence-corrected chi connectivity index (χ4v) is 2.93. The summed E-state index contributed by atoms with van der Waals surface area (Å²) >= 11 is 1.84. The van der Waals surface area contributed by atoms with E-state index < -0.39 is 0 Å². The van der Waals surface area contributed by atoms with Gasteiger partial charge in [-0.25, -0.2) is 4.99 Å². The minimum absolute atomic E-state index is 0. The minimum atomic E-state index is 0. The Hall–Kier alpha value is -0.510. The van der Waals surface area contributed by atoms with Gasteiger partial charge in [-0.05, 0) is 24.3 Å². The molecule has 1 saturated heterocycles. The molecule has 142 valence electrons. The van der Waals surface area contributed by atoms with E-state index in [-0.39, 0.29) is 24.0 Å². The first-order valence-corrected chi connectivity index (χ1v) is 10.1. The van der Waals surface area contributed by atoms with Gasteiger partial charge < -0.3 is 15.4 Å². The van der Waals surface area contributed by atoms with Crippen LogP contribution in [-0.4, -0.2) is 62.3 Å². The Balaban J connectivity index is 0.00000312. The number of hydrogen-bond acceptors (Lipinski definition) is 4. The number of aliphatic imine (C=N–C) groups is 1. The molecule has 1 aliphatic heterocycles. The summed E-state index contributed by atoms with van der Waals surface area (Å²) in [5, 5.41) is 6.67. The molecule has 0 aliphatic carbocycles. The standard InChI is InChI=1S/C18H30N4OS.HI/c1-3-19-18(20-7-12-24-2)21-14-16-5-4-6-17(13-16)15-22-8-10-23-11-9-22;/h4-6,13H,3,7-12,14-15H2,1-2H3,(H2,19,20,21);1H. The highest BCUT2D eigenvalue weighted by atomic mass is 127. The van der Waals surface area contributed by atoms with E-state index in [0.717, 1.165) is 57.6 Å². The maximum absolute atomic E-state index is 5.41. The van der Waals surface area contributed by atoms with Gasteiger partial charge in [-0.3, -0.25) is 4.90 Å². The molecule has 1 aromatic carbocycles.